The molecule has 5 nitrogen and oxygen atoms in total. The maximum absolute atomic E-state index is 6.35. The number of benzene rings is 1. The molecule has 1 aromatic heterocycles. The second-order valence-corrected chi connectivity index (χ2v) is 7.68. The summed E-state index contributed by atoms with van der Waals surface area (Å²) in [5.41, 5.74) is 1.81. The van der Waals surface area contributed by atoms with E-state index in [2.05, 4.69) is 14.9 Å². The Morgan fingerprint density at radius 1 is 1.07 bits per heavy atom. The summed E-state index contributed by atoms with van der Waals surface area (Å²) in [6.45, 7) is 5.24. The molecule has 4 rings (SSSR count). The average Bonchev–Trinajstić information content (AvgIpc) is 2.72. The Labute approximate surface area is 161 Å². The van der Waals surface area contributed by atoms with Gasteiger partial charge in [-0.3, -0.25) is 4.90 Å². The topological polar surface area (TPSA) is 47.5 Å². The molecule has 2 fully saturated rings. The number of nitrogens with zero attached hydrogens (tertiary/aromatic N) is 3. The van der Waals surface area contributed by atoms with Gasteiger partial charge < -0.3 is 9.47 Å². The van der Waals surface area contributed by atoms with Crippen molar-refractivity contribution >= 4 is 0 Å². The summed E-state index contributed by atoms with van der Waals surface area (Å²) >= 11 is 0. The molecule has 1 aromatic carbocycles. The number of piperidine rings is 2. The second kappa shape index (κ2) is 8.26. The zero-order valence-corrected chi connectivity index (χ0v) is 16.4. The van der Waals surface area contributed by atoms with Crippen molar-refractivity contribution in [1.82, 2.24) is 14.9 Å². The fourth-order valence-electron chi connectivity index (χ4n) is 4.51. The van der Waals surface area contributed by atoms with Crippen LogP contribution in [0.4, 0.5) is 0 Å². The van der Waals surface area contributed by atoms with Crippen LogP contribution >= 0.6 is 0 Å². The van der Waals surface area contributed by atoms with Gasteiger partial charge in [-0.1, -0.05) is 18.6 Å². The molecule has 144 valence electrons. The van der Waals surface area contributed by atoms with Crippen LogP contribution in [0.5, 0.6) is 11.6 Å². The smallest absolute Gasteiger partial charge is 0.216 e. The first-order valence-corrected chi connectivity index (χ1v) is 10.1. The van der Waals surface area contributed by atoms with E-state index in [1.54, 1.807) is 7.11 Å². The van der Waals surface area contributed by atoms with Gasteiger partial charge in [-0.25, -0.2) is 4.98 Å². The lowest BCUT2D eigenvalue weighted by molar-refractivity contribution is 0.0367. The summed E-state index contributed by atoms with van der Waals surface area (Å²) in [6, 6.07) is 10.6. The van der Waals surface area contributed by atoms with E-state index in [0.29, 0.717) is 23.7 Å². The number of fused-ring (bicyclic) bond motifs is 1. The molecule has 2 aromatic rings. The second-order valence-electron chi connectivity index (χ2n) is 7.68. The first kappa shape index (κ1) is 18.2. The van der Waals surface area contributed by atoms with Crippen LogP contribution in [0.3, 0.4) is 0 Å². The average molecular weight is 367 g/mol. The van der Waals surface area contributed by atoms with Crippen LogP contribution in [0.2, 0.25) is 0 Å². The van der Waals surface area contributed by atoms with Crippen molar-refractivity contribution in [2.45, 2.75) is 45.1 Å². The molecule has 0 saturated carbocycles. The van der Waals surface area contributed by atoms with Gasteiger partial charge in [0.1, 0.15) is 5.75 Å². The third kappa shape index (κ3) is 4.08. The minimum atomic E-state index is 0.581. The lowest BCUT2D eigenvalue weighted by atomic mass is 9.84. The number of aromatic nitrogens is 2. The van der Waals surface area contributed by atoms with Crippen LogP contribution in [0.1, 0.15) is 37.8 Å². The molecule has 2 aliphatic heterocycles. The molecule has 2 aliphatic rings. The van der Waals surface area contributed by atoms with E-state index >= 15 is 0 Å². The largest absolute Gasteiger partial charge is 0.492 e. The van der Waals surface area contributed by atoms with E-state index in [4.69, 9.17) is 9.47 Å². The summed E-state index contributed by atoms with van der Waals surface area (Å²) in [6.07, 6.45) is 6.56. The highest BCUT2D eigenvalue weighted by atomic mass is 16.5. The van der Waals surface area contributed by atoms with E-state index < -0.39 is 0 Å². The van der Waals surface area contributed by atoms with Crippen LogP contribution in [0.25, 0.3) is 11.4 Å². The van der Waals surface area contributed by atoms with Crippen molar-refractivity contribution in [1.29, 1.82) is 0 Å². The van der Waals surface area contributed by atoms with E-state index in [0.717, 1.165) is 23.6 Å². The van der Waals surface area contributed by atoms with Crippen molar-refractivity contribution in [2.24, 2.45) is 5.92 Å². The zero-order valence-electron chi connectivity index (χ0n) is 16.4. The standard InChI is InChI=1S/C22H29N3O2/c1-16-14-21(26-2)24-22(23-16)18-9-3-4-11-20(18)27-15-17-8-7-13-25-12-6-5-10-19(17)25/h3-4,9,11,14,17,19H,5-8,10,12-13,15H2,1-2H3. The van der Waals surface area contributed by atoms with E-state index in [-0.39, 0.29) is 0 Å². The molecular weight excluding hydrogens is 338 g/mol. The van der Waals surface area contributed by atoms with E-state index in [1.165, 1.54) is 45.2 Å². The summed E-state index contributed by atoms with van der Waals surface area (Å²) in [5.74, 6) is 2.71. The normalized spacial score (nSPS) is 22.9. The minimum Gasteiger partial charge on any atom is -0.492 e. The Kier molecular flexibility index (Phi) is 5.58. The summed E-state index contributed by atoms with van der Waals surface area (Å²) < 4.78 is 11.7. The molecular formula is C22H29N3O2. The van der Waals surface area contributed by atoms with Gasteiger partial charge in [0, 0.05) is 23.7 Å². The predicted molar refractivity (Wildman–Crippen MR) is 106 cm³/mol. The molecule has 0 bridgehead atoms. The lowest BCUT2D eigenvalue weighted by Gasteiger charge is -2.44. The van der Waals surface area contributed by atoms with Crippen LogP contribution in [-0.4, -0.2) is 47.7 Å². The van der Waals surface area contributed by atoms with E-state index in [9.17, 15) is 0 Å². The number of ether oxygens (including phenoxy) is 2. The molecule has 0 aliphatic carbocycles. The predicted octanol–water partition coefficient (Wildman–Crippen LogP) is 4.10. The maximum atomic E-state index is 6.35. The zero-order chi connectivity index (χ0) is 18.6. The molecule has 0 N–H and O–H groups in total. The van der Waals surface area contributed by atoms with Crippen LogP contribution in [0, 0.1) is 12.8 Å². The molecule has 0 spiro atoms. The Hall–Kier alpha value is -2.14. The molecule has 5 heteroatoms. The van der Waals surface area contributed by atoms with Crippen LogP contribution < -0.4 is 9.47 Å². The first-order chi connectivity index (χ1) is 13.2. The lowest BCUT2D eigenvalue weighted by Crippen LogP contribution is -2.49. The molecule has 2 unspecified atom stereocenters. The van der Waals surface area contributed by atoms with E-state index in [1.807, 2.05) is 37.3 Å². The Morgan fingerprint density at radius 3 is 2.81 bits per heavy atom. The van der Waals surface area contributed by atoms with Gasteiger partial charge in [0.15, 0.2) is 5.82 Å². The Bertz CT molecular complexity index is 778. The molecule has 0 radical (unpaired) electrons. The Balaban J connectivity index is 1.52. The molecule has 2 atom stereocenters. The minimum absolute atomic E-state index is 0.581. The number of para-hydroxylation sites is 1. The van der Waals surface area contributed by atoms with Gasteiger partial charge in [0.25, 0.3) is 0 Å². The number of hydrogen-bond acceptors (Lipinski definition) is 5. The number of rotatable bonds is 5. The highest BCUT2D eigenvalue weighted by Gasteiger charge is 2.33. The van der Waals surface area contributed by atoms with Crippen molar-refractivity contribution in [3.05, 3.63) is 36.0 Å². The van der Waals surface area contributed by atoms with Crippen LogP contribution in [-0.2, 0) is 0 Å². The SMILES string of the molecule is COc1cc(C)nc(-c2ccccc2OCC2CCCN3CCCCC23)n1. The third-order valence-electron chi connectivity index (χ3n) is 5.85. The molecule has 2 saturated heterocycles. The fourth-order valence-corrected chi connectivity index (χ4v) is 4.51. The summed E-state index contributed by atoms with van der Waals surface area (Å²) in [7, 11) is 1.63. The van der Waals surface area contributed by atoms with Crippen molar-refractivity contribution in [3.8, 4) is 23.0 Å². The van der Waals surface area contributed by atoms with Gasteiger partial charge in [0.05, 0.1) is 19.3 Å². The monoisotopic (exact) mass is 367 g/mol. The number of methoxy groups -OCH3 is 1. The maximum Gasteiger partial charge on any atom is 0.216 e. The molecule has 3 heterocycles. The highest BCUT2D eigenvalue weighted by molar-refractivity contribution is 5.64. The van der Waals surface area contributed by atoms with Crippen molar-refractivity contribution < 1.29 is 9.47 Å². The van der Waals surface area contributed by atoms with Crippen molar-refractivity contribution in [2.75, 3.05) is 26.8 Å². The summed E-state index contributed by atoms with van der Waals surface area (Å²) in [4.78, 5) is 11.8. The summed E-state index contributed by atoms with van der Waals surface area (Å²) in [5, 5.41) is 0. The fraction of sp³-hybridized carbons (Fsp3) is 0.545. The van der Waals surface area contributed by atoms with Crippen molar-refractivity contribution in [3.63, 3.8) is 0 Å². The first-order valence-electron chi connectivity index (χ1n) is 10.1. The van der Waals surface area contributed by atoms with Gasteiger partial charge in [-0.15, -0.1) is 0 Å². The number of hydrogen-bond donors (Lipinski definition) is 0. The van der Waals surface area contributed by atoms with Gasteiger partial charge >= 0.3 is 0 Å². The molecule has 0 amide bonds. The molecule has 27 heavy (non-hydrogen) atoms. The quantitative estimate of drug-likeness (QED) is 0.796. The third-order valence-corrected chi connectivity index (χ3v) is 5.85. The van der Waals surface area contributed by atoms with Gasteiger partial charge in [0.2, 0.25) is 5.88 Å². The van der Waals surface area contributed by atoms with Crippen LogP contribution in [0.15, 0.2) is 30.3 Å². The van der Waals surface area contributed by atoms with Gasteiger partial charge in [-0.05, 0) is 57.8 Å². The van der Waals surface area contributed by atoms with Gasteiger partial charge in [-0.2, -0.15) is 4.98 Å². The number of aryl methyl sites for hydroxylation is 1. The highest BCUT2D eigenvalue weighted by Crippen LogP contribution is 2.33. The Morgan fingerprint density at radius 2 is 1.93 bits per heavy atom.